The van der Waals surface area contributed by atoms with Gasteiger partial charge in [0.05, 0.1) is 10.2 Å². The molecule has 0 aliphatic rings. The Morgan fingerprint density at radius 2 is 2.00 bits per heavy atom. The second kappa shape index (κ2) is 4.58. The fourth-order valence-electron chi connectivity index (χ4n) is 1.05. The van der Waals surface area contributed by atoms with Crippen LogP contribution in [-0.2, 0) is 10.0 Å². The van der Waals surface area contributed by atoms with E-state index in [1.54, 1.807) is 0 Å². The van der Waals surface area contributed by atoms with Crippen molar-refractivity contribution in [1.82, 2.24) is 0 Å². The van der Waals surface area contributed by atoms with Gasteiger partial charge in [-0.15, -0.1) is 0 Å². The van der Waals surface area contributed by atoms with Crippen molar-refractivity contribution in [2.75, 3.05) is 4.72 Å². The largest absolute Gasteiger partial charge is 0.505 e. The highest BCUT2D eigenvalue weighted by Crippen LogP contribution is 2.34. The van der Waals surface area contributed by atoms with E-state index in [9.17, 15) is 23.6 Å². The quantitative estimate of drug-likeness (QED) is 0.483. The lowest BCUT2D eigenvalue weighted by atomic mass is 10.2. The Morgan fingerprint density at radius 1 is 1.41 bits per heavy atom. The molecule has 1 rings (SSSR count). The normalized spacial score (nSPS) is 11.5. The van der Waals surface area contributed by atoms with Gasteiger partial charge in [-0.1, -0.05) is 6.07 Å². The van der Waals surface area contributed by atoms with Crippen molar-refractivity contribution in [1.29, 1.82) is 0 Å². The predicted octanol–water partition coefficient (Wildman–Crippen LogP) is 1.45. The molecule has 8 heteroatoms. The molecule has 7 nitrogen and oxygen atoms in total. The van der Waals surface area contributed by atoms with Gasteiger partial charge >= 0.3 is 0 Å². The number of para-hydroxylation sites is 1. The number of nitrogens with zero attached hydrogens (tertiary/aromatic N) is 1. The number of nitrogens with one attached hydrogen (secondary N) is 1. The van der Waals surface area contributed by atoms with E-state index in [-0.39, 0.29) is 0 Å². The van der Waals surface area contributed by atoms with Gasteiger partial charge in [0, 0.05) is 6.07 Å². The van der Waals surface area contributed by atoms with Crippen molar-refractivity contribution >= 4 is 21.4 Å². The summed E-state index contributed by atoms with van der Waals surface area (Å²) in [4.78, 5) is 9.92. The molecule has 0 saturated heterocycles. The number of phenols is 1. The van der Waals surface area contributed by atoms with Crippen molar-refractivity contribution in [3.8, 4) is 5.75 Å². The van der Waals surface area contributed by atoms with Crippen LogP contribution in [0.15, 0.2) is 18.2 Å². The zero-order valence-corrected chi connectivity index (χ0v) is 10.1. The van der Waals surface area contributed by atoms with Crippen LogP contribution in [0.1, 0.15) is 13.8 Å². The number of aromatic hydroxyl groups is 1. The Kier molecular flexibility index (Phi) is 3.56. The SMILES string of the molecule is CC(C)S(=O)(=O)Nc1c(O)cccc1[N+](=O)[O-]. The summed E-state index contributed by atoms with van der Waals surface area (Å²) in [6.07, 6.45) is 0. The van der Waals surface area contributed by atoms with Crippen LogP contribution in [0, 0.1) is 10.1 Å². The van der Waals surface area contributed by atoms with Crippen LogP contribution in [0.3, 0.4) is 0 Å². The highest BCUT2D eigenvalue weighted by atomic mass is 32.2. The summed E-state index contributed by atoms with van der Waals surface area (Å²) in [5.74, 6) is -0.483. The van der Waals surface area contributed by atoms with Gasteiger partial charge in [-0.05, 0) is 19.9 Å². The number of sulfonamides is 1. The van der Waals surface area contributed by atoms with Crippen LogP contribution >= 0.6 is 0 Å². The summed E-state index contributed by atoms with van der Waals surface area (Å²) in [5, 5.41) is 19.4. The number of nitro benzene ring substituents is 1. The van der Waals surface area contributed by atoms with Gasteiger partial charge in [0.25, 0.3) is 5.69 Å². The van der Waals surface area contributed by atoms with E-state index < -0.39 is 37.3 Å². The first kappa shape index (κ1) is 13.2. The summed E-state index contributed by atoms with van der Waals surface area (Å²) in [6.45, 7) is 2.85. The van der Waals surface area contributed by atoms with Gasteiger partial charge in [0.2, 0.25) is 10.0 Å². The van der Waals surface area contributed by atoms with Crippen LogP contribution in [0.2, 0.25) is 0 Å². The molecule has 1 aromatic rings. The molecule has 0 radical (unpaired) electrons. The van der Waals surface area contributed by atoms with E-state index in [1.807, 2.05) is 4.72 Å². The lowest BCUT2D eigenvalue weighted by molar-refractivity contribution is -0.383. The molecule has 94 valence electrons. The molecule has 0 amide bonds. The molecule has 1 aromatic carbocycles. The highest BCUT2D eigenvalue weighted by Gasteiger charge is 2.24. The standard InChI is InChI=1S/C9H12N2O5S/c1-6(2)17(15,16)10-9-7(11(13)14)4-3-5-8(9)12/h3-6,10,12H,1-2H3. The van der Waals surface area contributed by atoms with Crippen LogP contribution in [0.4, 0.5) is 11.4 Å². The van der Waals surface area contributed by atoms with Crippen molar-refractivity contribution in [2.24, 2.45) is 0 Å². The maximum atomic E-state index is 11.6. The monoisotopic (exact) mass is 260 g/mol. The molecular weight excluding hydrogens is 248 g/mol. The number of hydrogen-bond donors (Lipinski definition) is 2. The van der Waals surface area contributed by atoms with E-state index in [0.29, 0.717) is 0 Å². The molecule has 0 aliphatic heterocycles. The molecule has 0 saturated carbocycles. The zero-order chi connectivity index (χ0) is 13.2. The Labute approximate surface area is 98.3 Å². The Balaban J connectivity index is 3.28. The molecule has 0 bridgehead atoms. The Hall–Kier alpha value is -1.83. The maximum Gasteiger partial charge on any atom is 0.297 e. The molecule has 0 heterocycles. The number of rotatable bonds is 4. The van der Waals surface area contributed by atoms with E-state index in [1.165, 1.54) is 26.0 Å². The number of phenolic OH excluding ortho intramolecular Hbond substituents is 1. The summed E-state index contributed by atoms with van der Waals surface area (Å²) < 4.78 is 25.2. The van der Waals surface area contributed by atoms with E-state index in [4.69, 9.17) is 0 Å². The van der Waals surface area contributed by atoms with Gasteiger partial charge in [-0.25, -0.2) is 8.42 Å². The minimum atomic E-state index is -3.74. The Bertz CT molecular complexity index is 538. The number of benzene rings is 1. The topological polar surface area (TPSA) is 110 Å². The van der Waals surface area contributed by atoms with Crippen molar-refractivity contribution in [3.63, 3.8) is 0 Å². The minimum absolute atomic E-state index is 0.411. The highest BCUT2D eigenvalue weighted by molar-refractivity contribution is 7.93. The fraction of sp³-hybridized carbons (Fsp3) is 0.333. The second-order valence-electron chi connectivity index (χ2n) is 3.62. The van der Waals surface area contributed by atoms with Gasteiger partial charge < -0.3 is 5.11 Å². The lowest BCUT2D eigenvalue weighted by Crippen LogP contribution is -2.23. The average Bonchev–Trinajstić information content (AvgIpc) is 2.20. The Morgan fingerprint density at radius 3 is 2.47 bits per heavy atom. The minimum Gasteiger partial charge on any atom is -0.505 e. The molecule has 17 heavy (non-hydrogen) atoms. The first-order valence-corrected chi connectivity index (χ1v) is 6.28. The summed E-state index contributed by atoms with van der Waals surface area (Å²) in [7, 11) is -3.74. The molecule has 0 aliphatic carbocycles. The van der Waals surface area contributed by atoms with Crippen molar-refractivity contribution < 1.29 is 18.4 Å². The molecule has 0 atom stereocenters. The number of anilines is 1. The first-order chi connectivity index (χ1) is 7.75. The third-order valence-corrected chi connectivity index (χ3v) is 3.81. The third-order valence-electron chi connectivity index (χ3n) is 2.08. The van der Waals surface area contributed by atoms with Gasteiger partial charge in [-0.3, -0.25) is 14.8 Å². The molecule has 0 aromatic heterocycles. The molecule has 0 fully saturated rings. The van der Waals surface area contributed by atoms with Gasteiger partial charge in [0.15, 0.2) is 5.69 Å². The first-order valence-electron chi connectivity index (χ1n) is 4.73. The maximum absolute atomic E-state index is 11.6. The lowest BCUT2D eigenvalue weighted by Gasteiger charge is -2.11. The third kappa shape index (κ3) is 2.84. The van der Waals surface area contributed by atoms with E-state index in [2.05, 4.69) is 0 Å². The van der Waals surface area contributed by atoms with Crippen molar-refractivity contribution in [3.05, 3.63) is 28.3 Å². The number of hydrogen-bond acceptors (Lipinski definition) is 5. The summed E-state index contributed by atoms with van der Waals surface area (Å²) in [6, 6.07) is 3.55. The fourth-order valence-corrected chi connectivity index (χ4v) is 1.77. The second-order valence-corrected chi connectivity index (χ2v) is 5.86. The van der Waals surface area contributed by atoms with Crippen LogP contribution in [0.5, 0.6) is 5.75 Å². The van der Waals surface area contributed by atoms with Gasteiger partial charge in [0.1, 0.15) is 5.75 Å². The van der Waals surface area contributed by atoms with Crippen LogP contribution in [-0.4, -0.2) is 23.7 Å². The van der Waals surface area contributed by atoms with E-state index >= 15 is 0 Å². The molecule has 2 N–H and O–H groups in total. The number of nitro groups is 1. The molecular formula is C9H12N2O5S. The predicted molar refractivity (Wildman–Crippen MR) is 62.4 cm³/mol. The van der Waals surface area contributed by atoms with Crippen LogP contribution < -0.4 is 4.72 Å². The smallest absolute Gasteiger partial charge is 0.297 e. The summed E-state index contributed by atoms with van der Waals surface area (Å²) >= 11 is 0. The van der Waals surface area contributed by atoms with E-state index in [0.717, 1.165) is 6.07 Å². The summed E-state index contributed by atoms with van der Waals surface area (Å²) in [5.41, 5.74) is -0.902. The molecule has 0 spiro atoms. The van der Waals surface area contributed by atoms with Crippen LogP contribution in [0.25, 0.3) is 0 Å². The molecule has 0 unspecified atom stereocenters. The average molecular weight is 260 g/mol. The zero-order valence-electron chi connectivity index (χ0n) is 9.25. The van der Waals surface area contributed by atoms with Gasteiger partial charge in [-0.2, -0.15) is 0 Å². The van der Waals surface area contributed by atoms with Crippen molar-refractivity contribution in [2.45, 2.75) is 19.1 Å².